The Morgan fingerprint density at radius 3 is 2.28 bits per heavy atom. The molecule has 4 aliphatic carbocycles. The van der Waals surface area contributed by atoms with Gasteiger partial charge in [-0.05, 0) is 99.4 Å². The Balaban J connectivity index is 1.87. The van der Waals surface area contributed by atoms with E-state index in [1.807, 2.05) is 0 Å². The van der Waals surface area contributed by atoms with Crippen LogP contribution in [0, 0.1) is 55.7 Å². The predicted octanol–water partition coefficient (Wildman–Crippen LogP) is 6.13. The molecule has 0 aromatic heterocycles. The number of carbonyl (C=O) groups is 3. The van der Waals surface area contributed by atoms with Gasteiger partial charge in [0.25, 0.3) is 0 Å². The number of allylic oxidation sites excluding steroid dienone is 4. The highest BCUT2D eigenvalue weighted by atomic mass is 16.5. The van der Waals surface area contributed by atoms with Gasteiger partial charge in [-0.2, -0.15) is 5.26 Å². The van der Waals surface area contributed by atoms with E-state index >= 15 is 0 Å². The van der Waals surface area contributed by atoms with E-state index in [9.17, 15) is 24.8 Å². The first-order valence-corrected chi connectivity index (χ1v) is 14.6. The predicted molar refractivity (Wildman–Crippen MR) is 149 cm³/mol. The highest BCUT2D eigenvalue weighted by Gasteiger charge is 2.66. The standard InChI is InChI=1S/C33H47NO5/c1-21(36)15-25-30(5)16-22(19-34)26(37)31(6,20-35)24(30)9-10-32(25,7)29(4)12-14-33(27(38)39-8)13-11-28(2,3)17-23(33)18-29/h15-16,23-24,35H,9-14,17-18,20H2,1-8H3/b25-15-/t23?,24-,29-,30+,31-,32-,33+/m1/s1. The molecule has 0 aliphatic heterocycles. The minimum atomic E-state index is -1.09. The third kappa shape index (κ3) is 4.17. The fourth-order valence-corrected chi connectivity index (χ4v) is 9.60. The second-order valence-electron chi connectivity index (χ2n) is 14.9. The van der Waals surface area contributed by atoms with Gasteiger partial charge in [-0.3, -0.25) is 14.4 Å². The van der Waals surface area contributed by atoms with Crippen molar-refractivity contribution in [1.29, 1.82) is 5.26 Å². The minimum Gasteiger partial charge on any atom is -0.469 e. The Morgan fingerprint density at radius 2 is 1.72 bits per heavy atom. The molecule has 0 radical (unpaired) electrons. The van der Waals surface area contributed by atoms with Gasteiger partial charge in [-0.25, -0.2) is 0 Å². The number of Topliss-reactive ketones (excluding diaryl/α,β-unsaturated/α-hetero) is 1. The average Bonchev–Trinajstić information content (AvgIpc) is 2.87. The van der Waals surface area contributed by atoms with Gasteiger partial charge in [0.1, 0.15) is 6.07 Å². The number of nitriles is 1. The van der Waals surface area contributed by atoms with Crippen LogP contribution in [0.25, 0.3) is 0 Å². The van der Waals surface area contributed by atoms with Crippen LogP contribution in [-0.2, 0) is 19.1 Å². The first kappa shape index (κ1) is 29.7. The SMILES string of the molecule is COC(=O)[C@]12CCC(C)(C)CC1C[C@](C)([C@]1(C)CC[C@H]3[C@@](C)(CO)C(=O)C(C#N)=C[C@]3(C)/C1=C/C(C)=O)CC2. The summed E-state index contributed by atoms with van der Waals surface area (Å²) < 4.78 is 5.40. The van der Waals surface area contributed by atoms with Crippen LogP contribution in [0.2, 0.25) is 0 Å². The monoisotopic (exact) mass is 537 g/mol. The molecule has 0 saturated heterocycles. The van der Waals surface area contributed by atoms with Crippen LogP contribution >= 0.6 is 0 Å². The molecule has 0 aromatic rings. The van der Waals surface area contributed by atoms with Crippen molar-refractivity contribution in [2.75, 3.05) is 13.7 Å². The lowest BCUT2D eigenvalue weighted by atomic mass is 9.38. The van der Waals surface area contributed by atoms with E-state index in [0.717, 1.165) is 50.5 Å². The highest BCUT2D eigenvalue weighted by molar-refractivity contribution is 6.04. The molecule has 6 heteroatoms. The Morgan fingerprint density at radius 1 is 1.08 bits per heavy atom. The molecular weight excluding hydrogens is 490 g/mol. The zero-order valence-corrected chi connectivity index (χ0v) is 25.2. The molecule has 0 amide bonds. The third-order valence-corrected chi connectivity index (χ3v) is 12.2. The number of methoxy groups -OCH3 is 1. The van der Waals surface area contributed by atoms with E-state index in [1.54, 1.807) is 26.0 Å². The molecule has 1 N–H and O–H groups in total. The summed E-state index contributed by atoms with van der Waals surface area (Å²) in [5, 5.41) is 20.4. The lowest BCUT2D eigenvalue weighted by molar-refractivity contribution is -0.174. The zero-order chi connectivity index (χ0) is 29.2. The van der Waals surface area contributed by atoms with E-state index in [-0.39, 0.29) is 52.4 Å². The van der Waals surface area contributed by atoms with Gasteiger partial charge in [0.05, 0.1) is 30.1 Å². The number of hydrogen-bond acceptors (Lipinski definition) is 6. The summed E-state index contributed by atoms with van der Waals surface area (Å²) in [6.07, 6.45) is 10.2. The molecule has 39 heavy (non-hydrogen) atoms. The maximum Gasteiger partial charge on any atom is 0.312 e. The molecule has 0 spiro atoms. The molecular formula is C33H47NO5. The van der Waals surface area contributed by atoms with Gasteiger partial charge in [-0.15, -0.1) is 0 Å². The van der Waals surface area contributed by atoms with Crippen molar-refractivity contribution in [1.82, 2.24) is 0 Å². The number of carbonyl (C=O) groups excluding carboxylic acids is 3. The molecule has 6 nitrogen and oxygen atoms in total. The molecule has 0 heterocycles. The summed E-state index contributed by atoms with van der Waals surface area (Å²) in [5.74, 6) is -0.509. The molecule has 0 bridgehead atoms. The fourth-order valence-electron chi connectivity index (χ4n) is 9.60. The van der Waals surface area contributed by atoms with E-state index in [0.29, 0.717) is 6.42 Å². The van der Waals surface area contributed by atoms with E-state index < -0.39 is 21.7 Å². The lowest BCUT2D eigenvalue weighted by Gasteiger charge is -2.65. The van der Waals surface area contributed by atoms with Gasteiger partial charge in [0.15, 0.2) is 11.6 Å². The number of ether oxygens (including phenoxy) is 1. The Labute approximate surface area is 234 Å². The quantitative estimate of drug-likeness (QED) is 0.342. The second-order valence-corrected chi connectivity index (χ2v) is 14.9. The first-order valence-electron chi connectivity index (χ1n) is 14.6. The third-order valence-electron chi connectivity index (χ3n) is 12.2. The highest BCUT2D eigenvalue weighted by Crippen LogP contribution is 2.71. The zero-order valence-electron chi connectivity index (χ0n) is 25.2. The number of fused-ring (bicyclic) bond motifs is 2. The number of aliphatic hydroxyl groups excluding tert-OH is 1. The summed E-state index contributed by atoms with van der Waals surface area (Å²) in [6, 6.07) is 2.10. The topological polar surface area (TPSA) is 104 Å². The molecule has 7 atom stereocenters. The molecule has 3 saturated carbocycles. The van der Waals surface area contributed by atoms with Crippen molar-refractivity contribution in [2.24, 2.45) is 44.3 Å². The van der Waals surface area contributed by atoms with Crippen molar-refractivity contribution < 1.29 is 24.2 Å². The molecule has 4 rings (SSSR count). The van der Waals surface area contributed by atoms with Gasteiger partial charge in [0, 0.05) is 5.41 Å². The van der Waals surface area contributed by atoms with E-state index in [2.05, 4.69) is 40.7 Å². The number of hydrogen-bond donors (Lipinski definition) is 1. The maximum absolute atomic E-state index is 13.3. The van der Waals surface area contributed by atoms with Crippen molar-refractivity contribution in [3.05, 3.63) is 23.3 Å². The van der Waals surface area contributed by atoms with Crippen LogP contribution < -0.4 is 0 Å². The number of nitrogens with zero attached hydrogens (tertiary/aromatic N) is 1. The number of aliphatic hydroxyl groups is 1. The van der Waals surface area contributed by atoms with Crippen LogP contribution in [0.4, 0.5) is 0 Å². The molecule has 4 aliphatic rings. The normalized spacial score (nSPS) is 44.5. The van der Waals surface area contributed by atoms with Crippen LogP contribution in [0.15, 0.2) is 23.3 Å². The summed E-state index contributed by atoms with van der Waals surface area (Å²) in [6.45, 7) is 14.2. The molecule has 1 unspecified atom stereocenters. The fraction of sp³-hybridized carbons (Fsp3) is 0.758. The summed E-state index contributed by atoms with van der Waals surface area (Å²) in [5.41, 5.74) is -1.74. The van der Waals surface area contributed by atoms with Crippen molar-refractivity contribution in [2.45, 2.75) is 99.8 Å². The Kier molecular flexibility index (Phi) is 7.16. The van der Waals surface area contributed by atoms with Crippen LogP contribution in [-0.4, -0.2) is 36.4 Å². The Bertz CT molecular complexity index is 1190. The molecule has 0 aromatic carbocycles. The van der Waals surface area contributed by atoms with Crippen molar-refractivity contribution >= 4 is 17.5 Å². The summed E-state index contributed by atoms with van der Waals surface area (Å²) in [4.78, 5) is 39.4. The van der Waals surface area contributed by atoms with Crippen LogP contribution in [0.5, 0.6) is 0 Å². The van der Waals surface area contributed by atoms with Gasteiger partial charge < -0.3 is 9.84 Å². The van der Waals surface area contributed by atoms with Gasteiger partial charge >= 0.3 is 5.97 Å². The average molecular weight is 538 g/mol. The number of rotatable bonds is 4. The Hall–Kier alpha value is -2.26. The summed E-state index contributed by atoms with van der Waals surface area (Å²) in [7, 11) is 1.50. The summed E-state index contributed by atoms with van der Waals surface area (Å²) >= 11 is 0. The van der Waals surface area contributed by atoms with Crippen LogP contribution in [0.1, 0.15) is 99.8 Å². The number of esters is 1. The van der Waals surface area contributed by atoms with Crippen LogP contribution in [0.3, 0.4) is 0 Å². The van der Waals surface area contributed by atoms with Gasteiger partial charge in [0.2, 0.25) is 0 Å². The molecule has 214 valence electrons. The second kappa shape index (κ2) is 9.40. The lowest BCUT2D eigenvalue weighted by Crippen LogP contribution is -2.60. The van der Waals surface area contributed by atoms with Gasteiger partial charge in [-0.1, -0.05) is 46.3 Å². The van der Waals surface area contributed by atoms with E-state index in [1.165, 1.54) is 7.11 Å². The van der Waals surface area contributed by atoms with Crippen molar-refractivity contribution in [3.8, 4) is 6.07 Å². The number of ketones is 2. The maximum atomic E-state index is 13.3. The molecule has 3 fully saturated rings. The van der Waals surface area contributed by atoms with E-state index in [4.69, 9.17) is 4.74 Å². The van der Waals surface area contributed by atoms with Crippen molar-refractivity contribution in [3.63, 3.8) is 0 Å². The minimum absolute atomic E-state index is 0.0604. The first-order chi connectivity index (χ1) is 18.0. The smallest absolute Gasteiger partial charge is 0.312 e. The largest absolute Gasteiger partial charge is 0.469 e.